The maximum absolute atomic E-state index is 5.37. The lowest BCUT2D eigenvalue weighted by Gasteiger charge is -2.38. The molecule has 30 heavy (non-hydrogen) atoms. The van der Waals surface area contributed by atoms with Gasteiger partial charge in [0.25, 0.3) is 0 Å². The number of piperazine rings is 1. The van der Waals surface area contributed by atoms with E-state index in [0.29, 0.717) is 6.54 Å². The smallest absolute Gasteiger partial charge is 0.194 e. The molecular weight excluding hydrogens is 493 g/mol. The number of ether oxygens (including phenoxy) is 1. The van der Waals surface area contributed by atoms with Gasteiger partial charge in [0.1, 0.15) is 18.1 Å². The Labute approximate surface area is 196 Å². The number of aryl methyl sites for hydroxylation is 1. The molecule has 1 aliphatic heterocycles. The van der Waals surface area contributed by atoms with Gasteiger partial charge in [0, 0.05) is 51.5 Å². The molecule has 2 heterocycles. The van der Waals surface area contributed by atoms with Crippen LogP contribution in [0.1, 0.15) is 31.4 Å². The molecule has 1 aromatic carbocycles. The van der Waals surface area contributed by atoms with Crippen molar-refractivity contribution in [2.24, 2.45) is 12.0 Å². The monoisotopic (exact) mass is 527 g/mol. The van der Waals surface area contributed by atoms with Crippen LogP contribution < -0.4 is 15.0 Å². The lowest BCUT2D eigenvalue weighted by atomic mass is 10.2. The first-order chi connectivity index (χ1) is 14.1. The predicted octanol–water partition coefficient (Wildman–Crippen LogP) is 2.82. The molecule has 1 aliphatic rings. The van der Waals surface area contributed by atoms with E-state index < -0.39 is 0 Å². The van der Waals surface area contributed by atoms with Crippen LogP contribution in [0.5, 0.6) is 5.75 Å². The number of halogens is 1. The van der Waals surface area contributed by atoms with Gasteiger partial charge in [-0.3, -0.25) is 0 Å². The predicted molar refractivity (Wildman–Crippen MR) is 132 cm³/mol. The third-order valence-electron chi connectivity index (χ3n) is 5.36. The molecule has 0 saturated carbocycles. The van der Waals surface area contributed by atoms with Crippen LogP contribution in [0.4, 0.5) is 5.69 Å². The van der Waals surface area contributed by atoms with Crippen LogP contribution in [0.3, 0.4) is 0 Å². The number of benzene rings is 1. The lowest BCUT2D eigenvalue weighted by molar-refractivity contribution is 0.370. The van der Waals surface area contributed by atoms with Crippen molar-refractivity contribution in [3.8, 4) is 5.75 Å². The second-order valence-electron chi connectivity index (χ2n) is 7.32. The molecule has 1 fully saturated rings. The van der Waals surface area contributed by atoms with Gasteiger partial charge in [-0.2, -0.15) is 0 Å². The molecule has 0 radical (unpaired) electrons. The zero-order chi connectivity index (χ0) is 20.6. The molecule has 8 nitrogen and oxygen atoms in total. The summed E-state index contributed by atoms with van der Waals surface area (Å²) in [6.45, 7) is 9.37. The number of methoxy groups -OCH3 is 1. The van der Waals surface area contributed by atoms with E-state index in [-0.39, 0.29) is 24.0 Å². The van der Waals surface area contributed by atoms with Crippen molar-refractivity contribution in [2.75, 3.05) is 44.7 Å². The van der Waals surface area contributed by atoms with Crippen LogP contribution in [0.15, 0.2) is 29.3 Å². The van der Waals surface area contributed by atoms with Crippen molar-refractivity contribution in [1.82, 2.24) is 25.0 Å². The van der Waals surface area contributed by atoms with E-state index in [1.807, 2.05) is 30.7 Å². The minimum Gasteiger partial charge on any atom is -0.497 e. The minimum absolute atomic E-state index is 0. The molecule has 0 spiro atoms. The van der Waals surface area contributed by atoms with Gasteiger partial charge in [0.2, 0.25) is 0 Å². The van der Waals surface area contributed by atoms with Gasteiger partial charge in [0.15, 0.2) is 11.8 Å². The highest BCUT2D eigenvalue weighted by atomic mass is 127. The van der Waals surface area contributed by atoms with Crippen LogP contribution >= 0.6 is 24.0 Å². The summed E-state index contributed by atoms with van der Waals surface area (Å²) in [5, 5.41) is 11.9. The quantitative estimate of drug-likeness (QED) is 0.259. The number of unbranched alkanes of at least 4 members (excludes halogenated alkanes) is 1. The Bertz CT molecular complexity index is 815. The summed E-state index contributed by atoms with van der Waals surface area (Å²) in [5.74, 6) is 3.65. The fourth-order valence-electron chi connectivity index (χ4n) is 3.36. The highest BCUT2D eigenvalue weighted by Crippen LogP contribution is 2.22. The summed E-state index contributed by atoms with van der Waals surface area (Å²) >= 11 is 0. The minimum atomic E-state index is 0. The molecule has 9 heteroatoms. The average Bonchev–Trinajstić information content (AvgIpc) is 3.08. The fraction of sp³-hybridized carbons (Fsp3) is 0.571. The number of anilines is 1. The molecule has 2 aromatic rings. The van der Waals surface area contributed by atoms with Crippen LogP contribution in [0.2, 0.25) is 0 Å². The van der Waals surface area contributed by atoms with Gasteiger partial charge < -0.3 is 24.4 Å². The Morgan fingerprint density at radius 3 is 2.60 bits per heavy atom. The third-order valence-corrected chi connectivity index (χ3v) is 5.36. The van der Waals surface area contributed by atoms with Crippen molar-refractivity contribution in [3.05, 3.63) is 35.9 Å². The first kappa shape index (κ1) is 24.2. The van der Waals surface area contributed by atoms with E-state index >= 15 is 0 Å². The van der Waals surface area contributed by atoms with Gasteiger partial charge in [-0.25, -0.2) is 4.99 Å². The standard InChI is InChI=1S/C21H33N7O.HI/c1-5-6-10-22-21(23-16-20-25-24-17(2)26(20)3)28-13-11-27(12-14-28)18-8-7-9-19(15-18)29-4;/h7-9,15H,5-6,10-14,16H2,1-4H3,(H,22,23);1H. The van der Waals surface area contributed by atoms with Gasteiger partial charge in [-0.05, 0) is 25.5 Å². The van der Waals surface area contributed by atoms with Crippen molar-refractivity contribution in [2.45, 2.75) is 33.2 Å². The summed E-state index contributed by atoms with van der Waals surface area (Å²) in [4.78, 5) is 9.60. The Morgan fingerprint density at radius 1 is 1.20 bits per heavy atom. The zero-order valence-corrected chi connectivity index (χ0v) is 20.8. The first-order valence-electron chi connectivity index (χ1n) is 10.4. The van der Waals surface area contributed by atoms with Crippen LogP contribution in [0, 0.1) is 6.92 Å². The van der Waals surface area contributed by atoms with Gasteiger partial charge in [-0.1, -0.05) is 19.4 Å². The Hall–Kier alpha value is -2.04. The normalized spacial score (nSPS) is 14.5. The fourth-order valence-corrected chi connectivity index (χ4v) is 3.36. The van der Waals surface area contributed by atoms with Crippen molar-refractivity contribution < 1.29 is 4.74 Å². The Kier molecular flexibility index (Phi) is 9.67. The van der Waals surface area contributed by atoms with E-state index in [0.717, 1.165) is 68.9 Å². The number of nitrogens with zero attached hydrogens (tertiary/aromatic N) is 6. The summed E-state index contributed by atoms with van der Waals surface area (Å²) < 4.78 is 7.36. The van der Waals surface area contributed by atoms with Crippen molar-refractivity contribution in [1.29, 1.82) is 0 Å². The number of hydrogen-bond acceptors (Lipinski definition) is 5. The average molecular weight is 527 g/mol. The highest BCUT2D eigenvalue weighted by Gasteiger charge is 2.20. The first-order valence-corrected chi connectivity index (χ1v) is 10.4. The molecule has 0 amide bonds. The number of nitrogens with one attached hydrogen (secondary N) is 1. The lowest BCUT2D eigenvalue weighted by Crippen LogP contribution is -2.52. The maximum atomic E-state index is 5.37. The number of aliphatic imine (C=N–C) groups is 1. The highest BCUT2D eigenvalue weighted by molar-refractivity contribution is 14.0. The summed E-state index contributed by atoms with van der Waals surface area (Å²) in [6.07, 6.45) is 2.29. The van der Waals surface area contributed by atoms with E-state index in [1.54, 1.807) is 7.11 Å². The number of aromatic nitrogens is 3. The largest absolute Gasteiger partial charge is 0.497 e. The SMILES string of the molecule is CCCCNC(=NCc1nnc(C)n1C)N1CCN(c2cccc(OC)c2)CC1.I. The second-order valence-corrected chi connectivity index (χ2v) is 7.32. The molecule has 166 valence electrons. The van der Waals surface area contributed by atoms with Gasteiger partial charge >= 0.3 is 0 Å². The molecule has 1 saturated heterocycles. The summed E-state index contributed by atoms with van der Waals surface area (Å²) in [5.41, 5.74) is 1.20. The van der Waals surface area contributed by atoms with Crippen LogP contribution in [-0.4, -0.2) is 65.5 Å². The Balaban J connectivity index is 0.00000320. The molecule has 3 rings (SSSR count). The summed E-state index contributed by atoms with van der Waals surface area (Å²) in [7, 11) is 3.69. The molecule has 0 aliphatic carbocycles. The number of rotatable bonds is 7. The number of guanidine groups is 1. The molecule has 0 atom stereocenters. The molecule has 1 N–H and O–H groups in total. The van der Waals surface area contributed by atoms with E-state index in [9.17, 15) is 0 Å². The molecule has 0 unspecified atom stereocenters. The molecule has 1 aromatic heterocycles. The Morgan fingerprint density at radius 2 is 1.97 bits per heavy atom. The third kappa shape index (κ3) is 6.23. The summed E-state index contributed by atoms with van der Waals surface area (Å²) in [6, 6.07) is 8.27. The topological polar surface area (TPSA) is 70.8 Å². The zero-order valence-electron chi connectivity index (χ0n) is 18.5. The molecule has 0 bridgehead atoms. The van der Waals surface area contributed by atoms with E-state index in [2.05, 4.69) is 44.4 Å². The van der Waals surface area contributed by atoms with E-state index in [1.165, 1.54) is 5.69 Å². The van der Waals surface area contributed by atoms with Gasteiger partial charge in [0.05, 0.1) is 7.11 Å². The van der Waals surface area contributed by atoms with Crippen LogP contribution in [0.25, 0.3) is 0 Å². The maximum Gasteiger partial charge on any atom is 0.194 e. The second kappa shape index (κ2) is 12.0. The van der Waals surface area contributed by atoms with E-state index in [4.69, 9.17) is 9.73 Å². The van der Waals surface area contributed by atoms with Crippen molar-refractivity contribution >= 4 is 35.6 Å². The van der Waals surface area contributed by atoms with Gasteiger partial charge in [-0.15, -0.1) is 34.2 Å². The van der Waals surface area contributed by atoms with Crippen molar-refractivity contribution in [3.63, 3.8) is 0 Å². The van der Waals surface area contributed by atoms with Crippen LogP contribution in [-0.2, 0) is 13.6 Å². The molecular formula is C21H34IN7O. The number of hydrogen-bond donors (Lipinski definition) is 1.